The molecule has 0 saturated heterocycles. The van der Waals surface area contributed by atoms with Gasteiger partial charge >= 0.3 is 6.18 Å². The molecule has 2 N–H and O–H groups in total. The summed E-state index contributed by atoms with van der Waals surface area (Å²) >= 11 is 0. The molecule has 2 heterocycles. The molecule has 2 aromatic heterocycles. The van der Waals surface area contributed by atoms with E-state index in [1.54, 1.807) is 13.8 Å². The Morgan fingerprint density at radius 2 is 1.81 bits per heavy atom. The Morgan fingerprint density at radius 1 is 1.14 bits per heavy atom. The first-order valence-electron chi connectivity index (χ1n) is 6.24. The van der Waals surface area contributed by atoms with Gasteiger partial charge in [0.25, 0.3) is 0 Å². The second-order valence-electron chi connectivity index (χ2n) is 4.24. The van der Waals surface area contributed by atoms with Crippen molar-refractivity contribution >= 4 is 11.6 Å². The smallest absolute Gasteiger partial charge is 0.370 e. The van der Waals surface area contributed by atoms with E-state index in [0.29, 0.717) is 12.4 Å². The number of pyridine rings is 1. The Bertz CT molecular complexity index is 611. The number of anilines is 2. The molecule has 0 amide bonds. The SMILES string of the molecule is CCNc1cc(C(F)(F)F)cc(NCc2nc(C)no2)n1. The van der Waals surface area contributed by atoms with Gasteiger partial charge < -0.3 is 15.2 Å². The standard InChI is InChI=1S/C12H14F3N5O/c1-3-16-9-4-8(12(13,14)15)5-10(19-9)17-6-11-18-7(2)20-21-11/h4-5H,3,6H2,1-2H3,(H2,16,17,19). The molecule has 0 aliphatic rings. The van der Waals surface area contributed by atoms with Crippen LogP contribution >= 0.6 is 0 Å². The molecule has 0 radical (unpaired) electrons. The highest BCUT2D eigenvalue weighted by Crippen LogP contribution is 2.32. The van der Waals surface area contributed by atoms with Gasteiger partial charge in [-0.3, -0.25) is 0 Å². The summed E-state index contributed by atoms with van der Waals surface area (Å²) in [6, 6.07) is 1.90. The van der Waals surface area contributed by atoms with Gasteiger partial charge in [0.05, 0.1) is 12.1 Å². The minimum Gasteiger partial charge on any atom is -0.370 e. The van der Waals surface area contributed by atoms with E-state index in [-0.39, 0.29) is 24.1 Å². The van der Waals surface area contributed by atoms with Crippen LogP contribution in [0.25, 0.3) is 0 Å². The van der Waals surface area contributed by atoms with Crippen molar-refractivity contribution in [2.45, 2.75) is 26.6 Å². The third-order valence-corrected chi connectivity index (χ3v) is 2.50. The molecule has 0 fully saturated rings. The second kappa shape index (κ2) is 5.98. The van der Waals surface area contributed by atoms with Crippen molar-refractivity contribution in [3.05, 3.63) is 29.4 Å². The highest BCUT2D eigenvalue weighted by atomic mass is 19.4. The largest absolute Gasteiger partial charge is 0.416 e. The lowest BCUT2D eigenvalue weighted by Gasteiger charge is -2.12. The number of aryl methyl sites for hydroxylation is 1. The summed E-state index contributed by atoms with van der Waals surface area (Å²) in [5, 5.41) is 9.09. The van der Waals surface area contributed by atoms with Crippen LogP contribution in [-0.2, 0) is 12.7 Å². The first-order chi connectivity index (χ1) is 9.88. The first kappa shape index (κ1) is 15.1. The molecule has 6 nitrogen and oxygen atoms in total. The summed E-state index contributed by atoms with van der Waals surface area (Å²) in [4.78, 5) is 8.00. The molecule has 0 aliphatic carbocycles. The van der Waals surface area contributed by atoms with Crippen molar-refractivity contribution in [3.8, 4) is 0 Å². The molecule has 114 valence electrons. The van der Waals surface area contributed by atoms with Crippen LogP contribution in [0.1, 0.15) is 24.2 Å². The number of rotatable bonds is 5. The molecule has 9 heteroatoms. The Morgan fingerprint density at radius 3 is 2.33 bits per heavy atom. The normalized spacial score (nSPS) is 11.5. The zero-order chi connectivity index (χ0) is 15.5. The van der Waals surface area contributed by atoms with Crippen molar-refractivity contribution in [2.24, 2.45) is 0 Å². The Kier molecular flexibility index (Phi) is 4.29. The Balaban J connectivity index is 2.19. The lowest BCUT2D eigenvalue weighted by atomic mass is 10.2. The molecule has 2 aromatic rings. The average molecular weight is 301 g/mol. The lowest BCUT2D eigenvalue weighted by molar-refractivity contribution is -0.137. The lowest BCUT2D eigenvalue weighted by Crippen LogP contribution is -2.11. The average Bonchev–Trinajstić information content (AvgIpc) is 2.81. The molecule has 0 spiro atoms. The van der Waals surface area contributed by atoms with Crippen LogP contribution in [0.5, 0.6) is 0 Å². The summed E-state index contributed by atoms with van der Waals surface area (Å²) < 4.78 is 43.4. The molecule has 0 bridgehead atoms. The molecule has 0 atom stereocenters. The van der Waals surface area contributed by atoms with Crippen molar-refractivity contribution in [2.75, 3.05) is 17.2 Å². The van der Waals surface area contributed by atoms with Gasteiger partial charge in [0, 0.05) is 6.54 Å². The van der Waals surface area contributed by atoms with Gasteiger partial charge in [-0.2, -0.15) is 18.2 Å². The van der Waals surface area contributed by atoms with Gasteiger partial charge in [0.15, 0.2) is 5.82 Å². The van der Waals surface area contributed by atoms with E-state index in [1.807, 2.05) is 0 Å². The van der Waals surface area contributed by atoms with Gasteiger partial charge in [0.1, 0.15) is 11.6 Å². The number of nitrogens with zero attached hydrogens (tertiary/aromatic N) is 3. The molecular weight excluding hydrogens is 287 g/mol. The maximum atomic E-state index is 12.8. The predicted octanol–water partition coefficient (Wildman–Crippen LogP) is 2.84. The minimum atomic E-state index is -4.44. The number of nitrogens with one attached hydrogen (secondary N) is 2. The van der Waals surface area contributed by atoms with E-state index in [9.17, 15) is 13.2 Å². The molecular formula is C12H14F3N5O. The fraction of sp³-hybridized carbons (Fsp3) is 0.417. The van der Waals surface area contributed by atoms with E-state index >= 15 is 0 Å². The van der Waals surface area contributed by atoms with Crippen LogP contribution < -0.4 is 10.6 Å². The molecule has 21 heavy (non-hydrogen) atoms. The monoisotopic (exact) mass is 301 g/mol. The second-order valence-corrected chi connectivity index (χ2v) is 4.24. The van der Waals surface area contributed by atoms with Crippen LogP contribution in [0.3, 0.4) is 0 Å². The number of halogens is 3. The van der Waals surface area contributed by atoms with Gasteiger partial charge in [-0.15, -0.1) is 0 Å². The zero-order valence-electron chi connectivity index (χ0n) is 11.5. The predicted molar refractivity (Wildman–Crippen MR) is 69.8 cm³/mol. The summed E-state index contributed by atoms with van der Waals surface area (Å²) in [7, 11) is 0. The number of hydrogen-bond donors (Lipinski definition) is 2. The van der Waals surface area contributed by atoms with Crippen molar-refractivity contribution in [1.29, 1.82) is 0 Å². The van der Waals surface area contributed by atoms with Crippen molar-refractivity contribution < 1.29 is 17.7 Å². The van der Waals surface area contributed by atoms with E-state index in [0.717, 1.165) is 12.1 Å². The molecule has 0 aromatic carbocycles. The maximum absolute atomic E-state index is 12.8. The minimum absolute atomic E-state index is 0.0802. The van der Waals surface area contributed by atoms with E-state index in [1.165, 1.54) is 0 Å². The number of hydrogen-bond acceptors (Lipinski definition) is 6. The third kappa shape index (κ3) is 4.07. The van der Waals surface area contributed by atoms with Crippen molar-refractivity contribution in [3.63, 3.8) is 0 Å². The van der Waals surface area contributed by atoms with Gasteiger partial charge in [0.2, 0.25) is 5.89 Å². The fourth-order valence-electron chi connectivity index (χ4n) is 1.63. The van der Waals surface area contributed by atoms with Gasteiger partial charge in [-0.05, 0) is 26.0 Å². The summed E-state index contributed by atoms with van der Waals surface area (Å²) in [6.07, 6.45) is -4.44. The molecule has 0 aliphatic heterocycles. The van der Waals surface area contributed by atoms with Crippen LogP contribution in [0, 0.1) is 6.92 Å². The summed E-state index contributed by atoms with van der Waals surface area (Å²) in [5.74, 6) is 0.960. The molecule has 0 unspecified atom stereocenters. The maximum Gasteiger partial charge on any atom is 0.416 e. The summed E-state index contributed by atoms with van der Waals surface area (Å²) in [5.41, 5.74) is -0.780. The van der Waals surface area contributed by atoms with Crippen LogP contribution in [0.15, 0.2) is 16.7 Å². The summed E-state index contributed by atoms with van der Waals surface area (Å²) in [6.45, 7) is 3.99. The van der Waals surface area contributed by atoms with E-state index in [2.05, 4.69) is 25.8 Å². The highest BCUT2D eigenvalue weighted by Gasteiger charge is 2.31. The molecule has 2 rings (SSSR count). The topological polar surface area (TPSA) is 75.9 Å². The first-order valence-corrected chi connectivity index (χ1v) is 6.24. The quantitative estimate of drug-likeness (QED) is 0.884. The van der Waals surface area contributed by atoms with Gasteiger partial charge in [-0.1, -0.05) is 5.16 Å². The van der Waals surface area contributed by atoms with Crippen molar-refractivity contribution in [1.82, 2.24) is 15.1 Å². The fourth-order valence-corrected chi connectivity index (χ4v) is 1.63. The zero-order valence-corrected chi connectivity index (χ0v) is 11.5. The van der Waals surface area contributed by atoms with Crippen LogP contribution in [0.4, 0.5) is 24.8 Å². The number of alkyl halides is 3. The van der Waals surface area contributed by atoms with E-state index < -0.39 is 11.7 Å². The van der Waals surface area contributed by atoms with Crippen LogP contribution in [0.2, 0.25) is 0 Å². The highest BCUT2D eigenvalue weighted by molar-refractivity contribution is 5.49. The third-order valence-electron chi connectivity index (χ3n) is 2.50. The Labute approximate surface area is 118 Å². The van der Waals surface area contributed by atoms with Crippen LogP contribution in [-0.4, -0.2) is 21.7 Å². The van der Waals surface area contributed by atoms with Gasteiger partial charge in [-0.25, -0.2) is 4.98 Å². The Hall–Kier alpha value is -2.32. The number of aromatic nitrogens is 3. The molecule has 0 saturated carbocycles. The van der Waals surface area contributed by atoms with E-state index in [4.69, 9.17) is 4.52 Å².